The smallest absolute Gasteiger partial charge is 0.276 e. The van der Waals surface area contributed by atoms with Gasteiger partial charge >= 0.3 is 0 Å². The van der Waals surface area contributed by atoms with E-state index in [1.54, 1.807) is 0 Å². The zero-order valence-electron chi connectivity index (χ0n) is 14.9. The van der Waals surface area contributed by atoms with Crippen LogP contribution >= 0.6 is 0 Å². The number of aromatic nitrogens is 1. The number of nitrogens with zero attached hydrogens (tertiary/aromatic N) is 2. The van der Waals surface area contributed by atoms with E-state index in [-0.39, 0.29) is 11.8 Å². The summed E-state index contributed by atoms with van der Waals surface area (Å²) >= 11 is 0. The normalized spacial score (nSPS) is 18.2. The lowest BCUT2D eigenvalue weighted by atomic mass is 9.93. The van der Waals surface area contributed by atoms with Crippen LogP contribution < -0.4 is 0 Å². The third-order valence-corrected chi connectivity index (χ3v) is 5.31. The van der Waals surface area contributed by atoms with E-state index in [0.717, 1.165) is 39.0 Å². The van der Waals surface area contributed by atoms with Gasteiger partial charge in [-0.25, -0.2) is 4.98 Å². The second-order valence-electron chi connectivity index (χ2n) is 7.15. The van der Waals surface area contributed by atoms with Crippen LogP contribution in [0, 0.1) is 13.8 Å². The van der Waals surface area contributed by atoms with Gasteiger partial charge in [-0.1, -0.05) is 17.7 Å². The topological polar surface area (TPSA) is 55.6 Å². The fourth-order valence-corrected chi connectivity index (χ4v) is 3.91. The molecule has 0 unspecified atom stereocenters. The van der Waals surface area contributed by atoms with Crippen LogP contribution in [-0.4, -0.2) is 35.5 Å². The highest BCUT2D eigenvalue weighted by atomic mass is 16.5. The third kappa shape index (κ3) is 3.21. The van der Waals surface area contributed by atoms with Crippen LogP contribution in [0.2, 0.25) is 0 Å². The number of hydrogen-bond acceptors (Lipinski definition) is 4. The first-order valence-electron chi connectivity index (χ1n) is 9.03. The number of carbonyl (C=O) groups excluding carboxylic acids is 1. The van der Waals surface area contributed by atoms with Crippen molar-refractivity contribution in [3.8, 4) is 0 Å². The van der Waals surface area contributed by atoms with Crippen molar-refractivity contribution in [2.24, 2.45) is 0 Å². The minimum atomic E-state index is -0.0346. The number of carbonyl (C=O) groups is 1. The summed E-state index contributed by atoms with van der Waals surface area (Å²) in [6.07, 6.45) is 4.23. The lowest BCUT2D eigenvalue weighted by molar-refractivity contribution is 0.0728. The van der Waals surface area contributed by atoms with Crippen molar-refractivity contribution >= 4 is 5.91 Å². The molecule has 1 saturated heterocycles. The molecule has 3 heterocycles. The summed E-state index contributed by atoms with van der Waals surface area (Å²) in [5.41, 5.74) is 5.61. The minimum Gasteiger partial charge on any atom is -0.448 e. The first kappa shape index (κ1) is 16.3. The number of oxazole rings is 1. The molecule has 132 valence electrons. The van der Waals surface area contributed by atoms with Crippen molar-refractivity contribution < 1.29 is 13.9 Å². The van der Waals surface area contributed by atoms with E-state index in [0.29, 0.717) is 18.1 Å². The molecule has 2 aromatic rings. The van der Waals surface area contributed by atoms with E-state index in [1.807, 2.05) is 4.90 Å². The number of amides is 1. The highest BCUT2D eigenvalue weighted by Crippen LogP contribution is 2.28. The molecule has 1 aromatic carbocycles. The Bertz CT molecular complexity index is 790. The van der Waals surface area contributed by atoms with Crippen molar-refractivity contribution in [2.75, 3.05) is 19.8 Å². The minimum absolute atomic E-state index is 0.0346. The van der Waals surface area contributed by atoms with Gasteiger partial charge in [0, 0.05) is 32.2 Å². The van der Waals surface area contributed by atoms with Gasteiger partial charge in [0.15, 0.2) is 11.6 Å². The highest BCUT2D eigenvalue weighted by molar-refractivity contribution is 5.92. The van der Waals surface area contributed by atoms with Gasteiger partial charge in [-0.2, -0.15) is 0 Å². The molecule has 0 aliphatic carbocycles. The molecule has 5 nitrogen and oxygen atoms in total. The molecule has 0 saturated carbocycles. The van der Waals surface area contributed by atoms with Crippen molar-refractivity contribution in [2.45, 2.75) is 45.6 Å². The van der Waals surface area contributed by atoms with E-state index in [9.17, 15) is 4.79 Å². The fourth-order valence-electron chi connectivity index (χ4n) is 3.91. The van der Waals surface area contributed by atoms with Crippen molar-refractivity contribution in [1.29, 1.82) is 0 Å². The molecule has 5 heteroatoms. The number of fused-ring (bicyclic) bond motifs is 1. The fraction of sp³-hybridized carbons (Fsp3) is 0.500. The van der Waals surface area contributed by atoms with Gasteiger partial charge in [0.05, 0.1) is 0 Å². The van der Waals surface area contributed by atoms with Gasteiger partial charge in [-0.05, 0) is 49.8 Å². The Kier molecular flexibility index (Phi) is 4.34. The van der Waals surface area contributed by atoms with Crippen LogP contribution in [0.1, 0.15) is 57.4 Å². The molecule has 4 rings (SSSR count). The number of benzene rings is 1. The van der Waals surface area contributed by atoms with E-state index in [1.165, 1.54) is 28.5 Å². The maximum Gasteiger partial charge on any atom is 0.276 e. The number of rotatable bonds is 2. The Balaban J connectivity index is 1.51. The molecule has 1 amide bonds. The summed E-state index contributed by atoms with van der Waals surface area (Å²) in [6, 6.07) is 4.43. The molecule has 1 aromatic heterocycles. The molecule has 0 spiro atoms. The first-order chi connectivity index (χ1) is 12.1. The van der Waals surface area contributed by atoms with E-state index in [2.05, 4.69) is 31.0 Å². The summed E-state index contributed by atoms with van der Waals surface area (Å²) in [5.74, 6) is 0.908. The Labute approximate surface area is 148 Å². The van der Waals surface area contributed by atoms with E-state index >= 15 is 0 Å². The number of aryl methyl sites for hydroxylation is 2. The van der Waals surface area contributed by atoms with Crippen LogP contribution in [0.25, 0.3) is 0 Å². The third-order valence-electron chi connectivity index (χ3n) is 5.31. The van der Waals surface area contributed by atoms with Crippen LogP contribution in [0.3, 0.4) is 0 Å². The lowest BCUT2D eigenvalue weighted by Gasteiger charge is -2.29. The summed E-state index contributed by atoms with van der Waals surface area (Å²) in [5, 5.41) is 0. The molecule has 25 heavy (non-hydrogen) atoms. The van der Waals surface area contributed by atoms with E-state index < -0.39 is 0 Å². The molecule has 2 aliphatic heterocycles. The Morgan fingerprint density at radius 1 is 1.24 bits per heavy atom. The summed E-state index contributed by atoms with van der Waals surface area (Å²) in [4.78, 5) is 19.2. The van der Waals surface area contributed by atoms with E-state index in [4.69, 9.17) is 9.15 Å². The molecule has 2 aliphatic rings. The summed E-state index contributed by atoms with van der Waals surface area (Å²) in [7, 11) is 0. The zero-order chi connectivity index (χ0) is 17.4. The van der Waals surface area contributed by atoms with Gasteiger partial charge in [-0.3, -0.25) is 4.79 Å². The van der Waals surface area contributed by atoms with Gasteiger partial charge in [0.25, 0.3) is 5.91 Å². The maximum atomic E-state index is 12.9. The standard InChI is InChI=1S/C20H24N2O3/c1-13-9-14(2)17-11-22(6-3-16(17)10-13)20(23)18-12-25-19(21-18)15-4-7-24-8-5-15/h9-10,12,15H,3-8,11H2,1-2H3. The monoisotopic (exact) mass is 340 g/mol. The van der Waals surface area contributed by atoms with Gasteiger partial charge in [0.2, 0.25) is 0 Å². The molecule has 0 radical (unpaired) electrons. The highest BCUT2D eigenvalue weighted by Gasteiger charge is 2.27. The molecular formula is C20H24N2O3. The maximum absolute atomic E-state index is 12.9. The Hall–Kier alpha value is -2.14. The SMILES string of the molecule is Cc1cc(C)c2c(c1)CCN(C(=O)c1coc(C3CCOCC3)n1)C2. The number of ether oxygens (including phenoxy) is 1. The Morgan fingerprint density at radius 2 is 2.04 bits per heavy atom. The summed E-state index contributed by atoms with van der Waals surface area (Å²) < 4.78 is 11.0. The predicted molar refractivity (Wildman–Crippen MR) is 93.7 cm³/mol. The molecule has 0 N–H and O–H groups in total. The average molecular weight is 340 g/mol. The van der Waals surface area contributed by atoms with Crippen molar-refractivity contribution in [3.63, 3.8) is 0 Å². The molecule has 0 atom stereocenters. The van der Waals surface area contributed by atoms with Crippen LogP contribution in [0.4, 0.5) is 0 Å². The zero-order valence-corrected chi connectivity index (χ0v) is 14.9. The average Bonchev–Trinajstić information content (AvgIpc) is 3.11. The second-order valence-corrected chi connectivity index (χ2v) is 7.15. The van der Waals surface area contributed by atoms with Crippen LogP contribution in [0.15, 0.2) is 22.8 Å². The quantitative estimate of drug-likeness (QED) is 0.841. The predicted octanol–water partition coefficient (Wildman–Crippen LogP) is 3.38. The second kappa shape index (κ2) is 6.64. The largest absolute Gasteiger partial charge is 0.448 e. The van der Waals surface area contributed by atoms with Gasteiger partial charge in [0.1, 0.15) is 6.26 Å². The van der Waals surface area contributed by atoms with Gasteiger partial charge in [-0.15, -0.1) is 0 Å². The molecule has 1 fully saturated rings. The lowest BCUT2D eigenvalue weighted by Crippen LogP contribution is -2.36. The van der Waals surface area contributed by atoms with Crippen molar-refractivity contribution in [1.82, 2.24) is 9.88 Å². The van der Waals surface area contributed by atoms with Crippen molar-refractivity contribution in [3.05, 3.63) is 52.2 Å². The first-order valence-corrected chi connectivity index (χ1v) is 9.03. The molecular weight excluding hydrogens is 316 g/mol. The number of hydrogen-bond donors (Lipinski definition) is 0. The van der Waals surface area contributed by atoms with Crippen LogP contribution in [0.5, 0.6) is 0 Å². The summed E-state index contributed by atoms with van der Waals surface area (Å²) in [6.45, 7) is 7.10. The molecule has 0 bridgehead atoms. The Morgan fingerprint density at radius 3 is 2.84 bits per heavy atom. The van der Waals surface area contributed by atoms with Crippen LogP contribution in [-0.2, 0) is 17.7 Å². The van der Waals surface area contributed by atoms with Gasteiger partial charge < -0.3 is 14.1 Å².